The van der Waals surface area contributed by atoms with Crippen LogP contribution in [0.1, 0.15) is 17.5 Å². The Labute approximate surface area is 193 Å². The highest BCUT2D eigenvalue weighted by atomic mass is 32.1. The van der Waals surface area contributed by atoms with Gasteiger partial charge in [0.15, 0.2) is 10.6 Å². The van der Waals surface area contributed by atoms with Gasteiger partial charge in [-0.15, -0.1) is 0 Å². The average molecular weight is 452 g/mol. The molecule has 0 aliphatic carbocycles. The fourth-order valence-corrected chi connectivity index (χ4v) is 4.19. The maximum atomic E-state index is 13.1. The van der Waals surface area contributed by atoms with Crippen LogP contribution in [0.4, 0.5) is 0 Å². The molecule has 1 aromatic heterocycles. The number of aromatic nitrogens is 3. The van der Waals surface area contributed by atoms with Crippen LogP contribution in [0.15, 0.2) is 48.5 Å². The molecule has 1 saturated heterocycles. The van der Waals surface area contributed by atoms with Gasteiger partial charge in [-0.1, -0.05) is 29.8 Å². The van der Waals surface area contributed by atoms with Crippen molar-refractivity contribution in [2.24, 2.45) is 0 Å². The van der Waals surface area contributed by atoms with Crippen LogP contribution < -0.4 is 4.74 Å². The topological polar surface area (TPSA) is 66.4 Å². The summed E-state index contributed by atoms with van der Waals surface area (Å²) in [5.41, 5.74) is 3.46. The first-order chi connectivity index (χ1) is 15.5. The zero-order valence-electron chi connectivity index (χ0n) is 18.6. The maximum absolute atomic E-state index is 13.1. The van der Waals surface area contributed by atoms with Crippen LogP contribution in [0.5, 0.6) is 5.75 Å². The largest absolute Gasteiger partial charge is 0.497 e. The van der Waals surface area contributed by atoms with Crippen LogP contribution >= 0.6 is 12.2 Å². The highest BCUT2D eigenvalue weighted by Gasteiger charge is 2.21. The van der Waals surface area contributed by atoms with E-state index in [2.05, 4.69) is 46.3 Å². The second-order valence-electron chi connectivity index (χ2n) is 8.16. The number of amides is 1. The van der Waals surface area contributed by atoms with Gasteiger partial charge in [0.05, 0.1) is 7.11 Å². The summed E-state index contributed by atoms with van der Waals surface area (Å²) in [6, 6.07) is 16.2. The molecule has 0 bridgehead atoms. The van der Waals surface area contributed by atoms with Crippen LogP contribution in [0.25, 0.3) is 11.4 Å². The Morgan fingerprint density at radius 1 is 1.06 bits per heavy atom. The fourth-order valence-electron chi connectivity index (χ4n) is 3.99. The normalized spacial score (nSPS) is 14.9. The van der Waals surface area contributed by atoms with Gasteiger partial charge in [-0.25, -0.2) is 0 Å². The fraction of sp³-hybridized carbons (Fsp3) is 0.375. The highest BCUT2D eigenvalue weighted by Crippen LogP contribution is 2.21. The van der Waals surface area contributed by atoms with Crippen molar-refractivity contribution in [1.29, 1.82) is 0 Å². The average Bonchev–Trinajstić information content (AvgIpc) is 3.01. The van der Waals surface area contributed by atoms with E-state index in [0.717, 1.165) is 43.9 Å². The standard InChI is InChI=1S/C24H29N5O2S/c1-18-4-6-19(7-5-18)16-27-12-3-13-28(15-14-27)22(30)17-29-23(25-26-24(29)32)20-8-10-21(31-2)11-9-20/h4-11H,3,12-17H2,1-2H3,(H,26,32). The third-order valence-electron chi connectivity index (χ3n) is 5.87. The predicted molar refractivity (Wildman–Crippen MR) is 127 cm³/mol. The molecule has 1 fully saturated rings. The number of carbonyl (C=O) groups excluding carboxylic acids is 1. The summed E-state index contributed by atoms with van der Waals surface area (Å²) in [5, 5.41) is 7.18. The predicted octanol–water partition coefficient (Wildman–Crippen LogP) is 3.66. The van der Waals surface area contributed by atoms with E-state index in [1.165, 1.54) is 11.1 Å². The smallest absolute Gasteiger partial charge is 0.242 e. The molecule has 0 radical (unpaired) electrons. The van der Waals surface area contributed by atoms with Gasteiger partial charge in [0, 0.05) is 38.3 Å². The SMILES string of the molecule is COc1ccc(-c2n[nH]c(=S)n2CC(=O)N2CCCN(Cc3ccc(C)cc3)CC2)cc1. The van der Waals surface area contributed by atoms with Gasteiger partial charge in [-0.05, 0) is 55.4 Å². The van der Waals surface area contributed by atoms with E-state index in [-0.39, 0.29) is 12.5 Å². The minimum atomic E-state index is 0.0643. The number of carbonyl (C=O) groups is 1. The summed E-state index contributed by atoms with van der Waals surface area (Å²) in [7, 11) is 1.63. The Hall–Kier alpha value is -2.97. The molecule has 32 heavy (non-hydrogen) atoms. The first-order valence-corrected chi connectivity index (χ1v) is 11.3. The van der Waals surface area contributed by atoms with E-state index >= 15 is 0 Å². The third-order valence-corrected chi connectivity index (χ3v) is 6.18. The number of benzene rings is 2. The number of methoxy groups -OCH3 is 1. The first kappa shape index (κ1) is 22.2. The monoisotopic (exact) mass is 451 g/mol. The summed E-state index contributed by atoms with van der Waals surface area (Å²) < 4.78 is 7.44. The molecule has 2 heterocycles. The van der Waals surface area contributed by atoms with Crippen molar-refractivity contribution in [3.05, 3.63) is 64.4 Å². The molecule has 0 saturated carbocycles. The van der Waals surface area contributed by atoms with Crippen LogP contribution in [0, 0.1) is 11.7 Å². The quantitative estimate of drug-likeness (QED) is 0.580. The van der Waals surface area contributed by atoms with Gasteiger partial charge in [0.2, 0.25) is 5.91 Å². The molecule has 1 N–H and O–H groups in total. The van der Waals surface area contributed by atoms with Gasteiger partial charge in [-0.2, -0.15) is 5.10 Å². The van der Waals surface area contributed by atoms with Crippen molar-refractivity contribution >= 4 is 18.1 Å². The second kappa shape index (κ2) is 10.1. The number of H-pyrrole nitrogens is 1. The number of hydrogen-bond acceptors (Lipinski definition) is 5. The molecular weight excluding hydrogens is 422 g/mol. The van der Waals surface area contributed by atoms with Crippen LogP contribution in [0.2, 0.25) is 0 Å². The number of aryl methyl sites for hydroxylation is 1. The molecule has 1 aliphatic rings. The lowest BCUT2D eigenvalue weighted by Crippen LogP contribution is -2.37. The molecule has 0 unspecified atom stereocenters. The summed E-state index contributed by atoms with van der Waals surface area (Å²) in [5.74, 6) is 1.49. The van der Waals surface area contributed by atoms with Crippen molar-refractivity contribution in [2.75, 3.05) is 33.3 Å². The third kappa shape index (κ3) is 5.26. The molecule has 0 spiro atoms. The van der Waals surface area contributed by atoms with E-state index in [4.69, 9.17) is 17.0 Å². The van der Waals surface area contributed by atoms with Crippen LogP contribution in [-0.4, -0.2) is 63.8 Å². The van der Waals surface area contributed by atoms with Crippen molar-refractivity contribution in [3.8, 4) is 17.1 Å². The van der Waals surface area contributed by atoms with Crippen LogP contribution in [0.3, 0.4) is 0 Å². The minimum absolute atomic E-state index is 0.0643. The molecular formula is C24H29N5O2S. The Balaban J connectivity index is 1.40. The number of rotatable bonds is 6. The van der Waals surface area contributed by atoms with Crippen molar-refractivity contribution in [2.45, 2.75) is 26.4 Å². The van der Waals surface area contributed by atoms with E-state index in [9.17, 15) is 4.79 Å². The number of ether oxygens (including phenoxy) is 1. The molecule has 1 aliphatic heterocycles. The molecule has 2 aromatic carbocycles. The second-order valence-corrected chi connectivity index (χ2v) is 8.55. The summed E-state index contributed by atoms with van der Waals surface area (Å²) >= 11 is 5.41. The number of nitrogens with one attached hydrogen (secondary N) is 1. The Morgan fingerprint density at radius 3 is 2.53 bits per heavy atom. The Morgan fingerprint density at radius 2 is 1.81 bits per heavy atom. The Kier molecular flexibility index (Phi) is 7.02. The first-order valence-electron chi connectivity index (χ1n) is 10.9. The summed E-state index contributed by atoms with van der Waals surface area (Å²) in [4.78, 5) is 17.5. The summed E-state index contributed by atoms with van der Waals surface area (Å²) in [6.45, 7) is 6.51. The van der Waals surface area contributed by atoms with Gasteiger partial charge >= 0.3 is 0 Å². The molecule has 7 nitrogen and oxygen atoms in total. The van der Waals surface area contributed by atoms with E-state index in [1.807, 2.05) is 29.2 Å². The maximum Gasteiger partial charge on any atom is 0.242 e. The molecule has 1 amide bonds. The molecule has 168 valence electrons. The van der Waals surface area contributed by atoms with Gasteiger partial charge in [0.1, 0.15) is 12.3 Å². The molecule has 0 atom stereocenters. The van der Waals surface area contributed by atoms with Crippen LogP contribution in [-0.2, 0) is 17.9 Å². The lowest BCUT2D eigenvalue weighted by molar-refractivity contribution is -0.131. The number of nitrogens with zero attached hydrogens (tertiary/aromatic N) is 4. The minimum Gasteiger partial charge on any atom is -0.497 e. The van der Waals surface area contributed by atoms with E-state index in [1.54, 1.807) is 11.7 Å². The highest BCUT2D eigenvalue weighted by molar-refractivity contribution is 7.71. The Bertz CT molecular complexity index is 1100. The van der Waals surface area contributed by atoms with E-state index < -0.39 is 0 Å². The molecule has 8 heteroatoms. The van der Waals surface area contributed by atoms with Gasteiger partial charge < -0.3 is 9.64 Å². The van der Waals surface area contributed by atoms with E-state index in [0.29, 0.717) is 17.1 Å². The molecule has 3 aromatic rings. The zero-order chi connectivity index (χ0) is 22.5. The zero-order valence-corrected chi connectivity index (χ0v) is 19.4. The van der Waals surface area contributed by atoms with Crippen molar-refractivity contribution in [3.63, 3.8) is 0 Å². The van der Waals surface area contributed by atoms with Crippen molar-refractivity contribution < 1.29 is 9.53 Å². The van der Waals surface area contributed by atoms with Crippen molar-refractivity contribution in [1.82, 2.24) is 24.6 Å². The van der Waals surface area contributed by atoms with Gasteiger partial charge in [0.25, 0.3) is 0 Å². The number of hydrogen-bond donors (Lipinski definition) is 1. The number of aromatic amines is 1. The molecule has 4 rings (SSSR count). The lowest BCUT2D eigenvalue weighted by Gasteiger charge is -2.22. The summed E-state index contributed by atoms with van der Waals surface area (Å²) in [6.07, 6.45) is 0.958. The lowest BCUT2D eigenvalue weighted by atomic mass is 10.1. The van der Waals surface area contributed by atoms with Gasteiger partial charge in [-0.3, -0.25) is 19.4 Å².